The molecule has 1 aromatic rings. The smallest absolute Gasteiger partial charge is 0.236 e. The van der Waals surface area contributed by atoms with E-state index in [9.17, 15) is 9.90 Å². The van der Waals surface area contributed by atoms with E-state index in [0.29, 0.717) is 12.3 Å². The zero-order valence-electron chi connectivity index (χ0n) is 12.0. The molecule has 4 heteroatoms. The molecule has 0 saturated heterocycles. The third kappa shape index (κ3) is 4.91. The monoisotopic (exact) mass is 264 g/mol. The molecular formula is C15H24N2O2. The van der Waals surface area contributed by atoms with E-state index in [0.717, 1.165) is 17.8 Å². The van der Waals surface area contributed by atoms with Crippen molar-refractivity contribution in [1.29, 1.82) is 0 Å². The van der Waals surface area contributed by atoms with Crippen LogP contribution < -0.4 is 10.6 Å². The average Bonchev–Trinajstić information content (AvgIpc) is 2.36. The van der Waals surface area contributed by atoms with Gasteiger partial charge in [0.15, 0.2) is 0 Å². The summed E-state index contributed by atoms with van der Waals surface area (Å²) in [5.74, 6) is 0.110. The van der Waals surface area contributed by atoms with Crippen LogP contribution in [-0.4, -0.2) is 24.1 Å². The summed E-state index contributed by atoms with van der Waals surface area (Å²) in [6.07, 6.45) is 0.264. The van der Waals surface area contributed by atoms with E-state index >= 15 is 0 Å². The van der Waals surface area contributed by atoms with Crippen LogP contribution in [0.3, 0.4) is 0 Å². The maximum Gasteiger partial charge on any atom is 0.236 e. The van der Waals surface area contributed by atoms with Crippen molar-refractivity contribution in [1.82, 2.24) is 0 Å². The van der Waals surface area contributed by atoms with Crippen LogP contribution in [0.1, 0.15) is 38.9 Å². The van der Waals surface area contributed by atoms with Crippen molar-refractivity contribution in [2.75, 3.05) is 18.0 Å². The number of benzene rings is 1. The van der Waals surface area contributed by atoms with Crippen LogP contribution in [0.25, 0.3) is 0 Å². The van der Waals surface area contributed by atoms with Gasteiger partial charge in [-0.15, -0.1) is 0 Å². The minimum atomic E-state index is -0.427. The highest BCUT2D eigenvalue weighted by atomic mass is 16.3. The van der Waals surface area contributed by atoms with E-state index in [2.05, 4.69) is 13.8 Å². The number of nitrogens with zero attached hydrogens (tertiary/aromatic N) is 1. The van der Waals surface area contributed by atoms with E-state index in [1.807, 2.05) is 36.1 Å². The quantitative estimate of drug-likeness (QED) is 0.792. The second-order valence-corrected chi connectivity index (χ2v) is 5.26. The van der Waals surface area contributed by atoms with Gasteiger partial charge in [-0.1, -0.05) is 32.9 Å². The Morgan fingerprint density at radius 3 is 2.32 bits per heavy atom. The average molecular weight is 264 g/mol. The number of hydrogen-bond acceptors (Lipinski definition) is 3. The molecule has 0 aromatic heterocycles. The standard InChI is InChI=1S/C15H24N2O2/c1-4-14(18)12-5-7-13(8-6-12)17(9-11(2)3)10-15(16)19/h5-8,11,14,18H,4,9-10H2,1-3H3,(H2,16,19)/t14-/m0/s1. The maximum absolute atomic E-state index is 11.1. The number of carbonyl (C=O) groups excluding carboxylic acids is 1. The van der Waals surface area contributed by atoms with Gasteiger partial charge in [0, 0.05) is 12.2 Å². The van der Waals surface area contributed by atoms with Crippen LogP contribution in [0.5, 0.6) is 0 Å². The fourth-order valence-corrected chi connectivity index (χ4v) is 2.03. The summed E-state index contributed by atoms with van der Waals surface area (Å²) in [6.45, 7) is 7.13. The first-order valence-corrected chi connectivity index (χ1v) is 6.75. The summed E-state index contributed by atoms with van der Waals surface area (Å²) in [6, 6.07) is 7.66. The van der Waals surface area contributed by atoms with Crippen LogP contribution in [-0.2, 0) is 4.79 Å². The molecule has 0 aliphatic heterocycles. The molecule has 0 bridgehead atoms. The number of rotatable bonds is 7. The Morgan fingerprint density at radius 1 is 1.32 bits per heavy atom. The summed E-state index contributed by atoms with van der Waals surface area (Å²) < 4.78 is 0. The number of aliphatic hydroxyl groups excluding tert-OH is 1. The summed E-state index contributed by atoms with van der Waals surface area (Å²) in [5, 5.41) is 9.76. The first-order valence-electron chi connectivity index (χ1n) is 6.75. The predicted molar refractivity (Wildman–Crippen MR) is 77.9 cm³/mol. The minimum absolute atomic E-state index is 0.216. The molecule has 1 atom stereocenters. The number of amides is 1. The third-order valence-electron chi connectivity index (χ3n) is 2.96. The first kappa shape index (κ1) is 15.5. The molecule has 19 heavy (non-hydrogen) atoms. The Bertz CT molecular complexity index is 401. The van der Waals surface area contributed by atoms with Crippen LogP contribution in [0, 0.1) is 5.92 Å². The van der Waals surface area contributed by atoms with E-state index in [-0.39, 0.29) is 12.5 Å². The Morgan fingerprint density at radius 2 is 1.89 bits per heavy atom. The number of hydrogen-bond donors (Lipinski definition) is 2. The summed E-state index contributed by atoms with van der Waals surface area (Å²) in [4.78, 5) is 13.1. The molecule has 0 saturated carbocycles. The highest BCUT2D eigenvalue weighted by Gasteiger charge is 2.12. The van der Waals surface area contributed by atoms with Crippen LogP contribution in [0.2, 0.25) is 0 Å². The molecule has 0 spiro atoms. The number of primary amides is 1. The van der Waals surface area contributed by atoms with Crippen LogP contribution >= 0.6 is 0 Å². The molecule has 0 radical (unpaired) electrons. The second kappa shape index (κ2) is 7.14. The minimum Gasteiger partial charge on any atom is -0.388 e. The Labute approximate surface area is 115 Å². The zero-order chi connectivity index (χ0) is 14.4. The van der Waals surface area contributed by atoms with Crippen molar-refractivity contribution < 1.29 is 9.90 Å². The van der Waals surface area contributed by atoms with Gasteiger partial charge >= 0.3 is 0 Å². The van der Waals surface area contributed by atoms with Crippen molar-refractivity contribution in [2.45, 2.75) is 33.3 Å². The second-order valence-electron chi connectivity index (χ2n) is 5.26. The maximum atomic E-state index is 11.1. The molecule has 0 heterocycles. The Balaban J connectivity index is 2.86. The summed E-state index contributed by atoms with van der Waals surface area (Å²) in [5.41, 5.74) is 7.14. The molecule has 3 N–H and O–H groups in total. The van der Waals surface area contributed by atoms with Gasteiger partial charge in [-0.3, -0.25) is 4.79 Å². The Kier molecular flexibility index (Phi) is 5.83. The van der Waals surface area contributed by atoms with Gasteiger partial charge in [-0.2, -0.15) is 0 Å². The van der Waals surface area contributed by atoms with E-state index in [4.69, 9.17) is 5.73 Å². The molecule has 0 fully saturated rings. The van der Waals surface area contributed by atoms with E-state index in [1.54, 1.807) is 0 Å². The van der Waals surface area contributed by atoms with Gasteiger partial charge in [-0.25, -0.2) is 0 Å². The van der Waals surface area contributed by atoms with Gasteiger partial charge in [0.1, 0.15) is 0 Å². The number of anilines is 1. The fourth-order valence-electron chi connectivity index (χ4n) is 2.03. The van der Waals surface area contributed by atoms with E-state index in [1.165, 1.54) is 0 Å². The lowest BCUT2D eigenvalue weighted by Crippen LogP contribution is -2.36. The highest BCUT2D eigenvalue weighted by Crippen LogP contribution is 2.21. The number of nitrogens with two attached hydrogens (primary N) is 1. The van der Waals surface area contributed by atoms with Gasteiger partial charge in [-0.05, 0) is 30.0 Å². The molecule has 1 aromatic carbocycles. The first-order chi connectivity index (χ1) is 8.93. The topological polar surface area (TPSA) is 66.6 Å². The molecular weight excluding hydrogens is 240 g/mol. The van der Waals surface area contributed by atoms with Crippen molar-refractivity contribution in [3.05, 3.63) is 29.8 Å². The van der Waals surface area contributed by atoms with Crippen molar-refractivity contribution in [3.63, 3.8) is 0 Å². The fraction of sp³-hybridized carbons (Fsp3) is 0.533. The largest absolute Gasteiger partial charge is 0.388 e. The van der Waals surface area contributed by atoms with Crippen molar-refractivity contribution in [2.24, 2.45) is 11.7 Å². The number of carbonyl (C=O) groups is 1. The van der Waals surface area contributed by atoms with E-state index < -0.39 is 6.10 Å². The molecule has 106 valence electrons. The SMILES string of the molecule is CC[C@H](O)c1ccc(N(CC(N)=O)CC(C)C)cc1. The van der Waals surface area contributed by atoms with Gasteiger partial charge in [0.2, 0.25) is 5.91 Å². The van der Waals surface area contributed by atoms with Crippen molar-refractivity contribution in [3.8, 4) is 0 Å². The van der Waals surface area contributed by atoms with Crippen LogP contribution in [0.15, 0.2) is 24.3 Å². The molecule has 1 amide bonds. The lowest BCUT2D eigenvalue weighted by Gasteiger charge is -2.25. The number of aliphatic hydroxyl groups is 1. The molecule has 0 unspecified atom stereocenters. The van der Waals surface area contributed by atoms with Gasteiger partial charge in [0.25, 0.3) is 0 Å². The Hall–Kier alpha value is -1.55. The lowest BCUT2D eigenvalue weighted by atomic mass is 10.1. The predicted octanol–water partition coefficient (Wildman–Crippen LogP) is 2.08. The summed E-state index contributed by atoms with van der Waals surface area (Å²) in [7, 11) is 0. The van der Waals surface area contributed by atoms with Gasteiger partial charge in [0.05, 0.1) is 12.6 Å². The summed E-state index contributed by atoms with van der Waals surface area (Å²) >= 11 is 0. The molecule has 1 rings (SSSR count). The zero-order valence-corrected chi connectivity index (χ0v) is 12.0. The normalized spacial score (nSPS) is 12.5. The third-order valence-corrected chi connectivity index (χ3v) is 2.96. The lowest BCUT2D eigenvalue weighted by molar-refractivity contribution is -0.116. The van der Waals surface area contributed by atoms with Crippen molar-refractivity contribution >= 4 is 11.6 Å². The van der Waals surface area contributed by atoms with Crippen LogP contribution in [0.4, 0.5) is 5.69 Å². The molecule has 4 nitrogen and oxygen atoms in total. The molecule has 0 aliphatic rings. The highest BCUT2D eigenvalue weighted by molar-refractivity contribution is 5.79. The van der Waals surface area contributed by atoms with Gasteiger partial charge < -0.3 is 15.7 Å². The molecule has 0 aliphatic carbocycles.